The molecule has 0 N–H and O–H groups in total. The second-order valence-electron chi connectivity index (χ2n) is 7.32. The lowest BCUT2D eigenvalue weighted by molar-refractivity contribution is -0.139. The van der Waals surface area contributed by atoms with Crippen molar-refractivity contribution in [3.8, 4) is 0 Å². The second kappa shape index (κ2) is 11.9. The van der Waals surface area contributed by atoms with Gasteiger partial charge in [-0.15, -0.1) is 11.3 Å². The molecule has 5 heteroatoms. The fraction of sp³-hybridized carbons (Fsp3) is 0.231. The first kappa shape index (κ1) is 22.5. The molecule has 4 nitrogen and oxygen atoms in total. The molecule has 3 aromatic rings. The van der Waals surface area contributed by atoms with E-state index in [4.69, 9.17) is 0 Å². The van der Waals surface area contributed by atoms with Crippen LogP contribution in [0.5, 0.6) is 0 Å². The molecule has 3 rings (SSSR count). The van der Waals surface area contributed by atoms with E-state index in [1.54, 1.807) is 28.4 Å². The Morgan fingerprint density at radius 3 is 2.23 bits per heavy atom. The number of thiophene rings is 1. The summed E-state index contributed by atoms with van der Waals surface area (Å²) in [6, 6.07) is 23.7. The van der Waals surface area contributed by atoms with Crippen molar-refractivity contribution in [1.29, 1.82) is 0 Å². The molecule has 160 valence electrons. The largest absolute Gasteiger partial charge is 0.332 e. The fourth-order valence-corrected chi connectivity index (χ4v) is 3.98. The summed E-state index contributed by atoms with van der Waals surface area (Å²) in [6.07, 6.45) is 4.14. The van der Waals surface area contributed by atoms with Gasteiger partial charge in [0.1, 0.15) is 6.54 Å². The van der Waals surface area contributed by atoms with E-state index in [2.05, 4.69) is 0 Å². The lowest BCUT2D eigenvalue weighted by Crippen LogP contribution is -2.42. The minimum absolute atomic E-state index is 0.0489. The van der Waals surface area contributed by atoms with Crippen molar-refractivity contribution in [2.75, 3.05) is 13.1 Å². The van der Waals surface area contributed by atoms with Gasteiger partial charge in [0, 0.05) is 24.0 Å². The summed E-state index contributed by atoms with van der Waals surface area (Å²) in [4.78, 5) is 30.7. The second-order valence-corrected chi connectivity index (χ2v) is 8.35. The summed E-state index contributed by atoms with van der Waals surface area (Å²) < 4.78 is 0. The van der Waals surface area contributed by atoms with Crippen LogP contribution < -0.4 is 0 Å². The highest BCUT2D eigenvalue weighted by atomic mass is 32.1. The Hall–Kier alpha value is -3.18. The molecule has 0 aliphatic rings. The standard InChI is InChI=1S/C26H28N2O2S/c1-2-17-27(25(29)16-15-22-10-5-3-6-11-22)21-26(30)28(20-24-14-9-18-31-24)19-23-12-7-4-8-13-23/h3-16,18H,2,17,19-21H2,1H3/b16-15+. The molecule has 1 aromatic heterocycles. The predicted molar refractivity (Wildman–Crippen MR) is 127 cm³/mol. The SMILES string of the molecule is CCCN(CC(=O)N(Cc1ccccc1)Cc1cccs1)C(=O)/C=C/c1ccccc1. The van der Waals surface area contributed by atoms with E-state index in [1.165, 1.54) is 0 Å². The Labute approximate surface area is 188 Å². The van der Waals surface area contributed by atoms with E-state index in [0.717, 1.165) is 22.4 Å². The molecule has 0 aliphatic carbocycles. The van der Waals surface area contributed by atoms with Crippen molar-refractivity contribution in [1.82, 2.24) is 9.80 Å². The zero-order valence-electron chi connectivity index (χ0n) is 17.8. The summed E-state index contributed by atoms with van der Waals surface area (Å²) in [5.74, 6) is -0.193. The number of hydrogen-bond donors (Lipinski definition) is 0. The monoisotopic (exact) mass is 432 g/mol. The topological polar surface area (TPSA) is 40.6 Å². The third-order valence-corrected chi connectivity index (χ3v) is 5.71. The number of nitrogens with zero attached hydrogens (tertiary/aromatic N) is 2. The fourth-order valence-electron chi connectivity index (χ4n) is 3.26. The van der Waals surface area contributed by atoms with Gasteiger partial charge in [-0.3, -0.25) is 9.59 Å². The zero-order valence-corrected chi connectivity index (χ0v) is 18.6. The van der Waals surface area contributed by atoms with Crippen LogP contribution in [0.4, 0.5) is 0 Å². The van der Waals surface area contributed by atoms with Crippen LogP contribution >= 0.6 is 11.3 Å². The Morgan fingerprint density at radius 2 is 1.58 bits per heavy atom. The van der Waals surface area contributed by atoms with Crippen LogP contribution in [0.15, 0.2) is 84.3 Å². The molecule has 2 amide bonds. The van der Waals surface area contributed by atoms with Gasteiger partial charge in [0.2, 0.25) is 11.8 Å². The smallest absolute Gasteiger partial charge is 0.247 e. The summed E-state index contributed by atoms with van der Waals surface area (Å²) in [5.41, 5.74) is 2.03. The van der Waals surface area contributed by atoms with Crippen molar-refractivity contribution < 1.29 is 9.59 Å². The molecule has 0 aliphatic heterocycles. The van der Waals surface area contributed by atoms with Crippen LogP contribution in [-0.2, 0) is 22.7 Å². The van der Waals surface area contributed by atoms with Crippen LogP contribution in [0, 0.1) is 0 Å². The minimum Gasteiger partial charge on any atom is -0.332 e. The highest BCUT2D eigenvalue weighted by Crippen LogP contribution is 2.15. The highest BCUT2D eigenvalue weighted by Gasteiger charge is 2.20. The van der Waals surface area contributed by atoms with E-state index in [1.807, 2.05) is 90.0 Å². The first-order chi connectivity index (χ1) is 15.2. The molecule has 2 aromatic carbocycles. The maximum Gasteiger partial charge on any atom is 0.247 e. The molecule has 0 bridgehead atoms. The summed E-state index contributed by atoms with van der Waals surface area (Å²) >= 11 is 1.63. The van der Waals surface area contributed by atoms with E-state index in [-0.39, 0.29) is 18.4 Å². The van der Waals surface area contributed by atoms with Crippen molar-refractivity contribution >= 4 is 29.2 Å². The Morgan fingerprint density at radius 1 is 0.871 bits per heavy atom. The van der Waals surface area contributed by atoms with Gasteiger partial charge >= 0.3 is 0 Å². The molecule has 0 unspecified atom stereocenters. The summed E-state index contributed by atoms with van der Waals surface area (Å²) in [5, 5.41) is 2.02. The minimum atomic E-state index is -0.144. The van der Waals surface area contributed by atoms with E-state index in [9.17, 15) is 9.59 Å². The number of rotatable bonds is 10. The maximum absolute atomic E-state index is 13.3. The molecule has 0 spiro atoms. The zero-order chi connectivity index (χ0) is 21.9. The van der Waals surface area contributed by atoms with Gasteiger partial charge in [-0.2, -0.15) is 0 Å². The first-order valence-electron chi connectivity index (χ1n) is 10.5. The summed E-state index contributed by atoms with van der Waals surface area (Å²) in [7, 11) is 0. The first-order valence-corrected chi connectivity index (χ1v) is 11.4. The van der Waals surface area contributed by atoms with Crippen LogP contribution in [0.25, 0.3) is 6.08 Å². The number of hydrogen-bond acceptors (Lipinski definition) is 3. The van der Waals surface area contributed by atoms with E-state index in [0.29, 0.717) is 19.6 Å². The Balaban J connectivity index is 1.71. The molecule has 0 atom stereocenters. The normalized spacial score (nSPS) is 10.9. The maximum atomic E-state index is 13.3. The summed E-state index contributed by atoms with van der Waals surface area (Å²) in [6.45, 7) is 3.69. The third kappa shape index (κ3) is 7.23. The van der Waals surface area contributed by atoms with Crippen LogP contribution in [-0.4, -0.2) is 34.7 Å². The molecule has 0 saturated heterocycles. The average Bonchev–Trinajstić information content (AvgIpc) is 3.31. The lowest BCUT2D eigenvalue weighted by Gasteiger charge is -2.27. The van der Waals surface area contributed by atoms with Gasteiger partial charge in [0.05, 0.1) is 6.54 Å². The van der Waals surface area contributed by atoms with Gasteiger partial charge in [-0.1, -0.05) is 73.7 Å². The molecule has 0 radical (unpaired) electrons. The van der Waals surface area contributed by atoms with Crippen LogP contribution in [0.3, 0.4) is 0 Å². The number of carbonyl (C=O) groups excluding carboxylic acids is 2. The molecular weight excluding hydrogens is 404 g/mol. The van der Waals surface area contributed by atoms with Crippen molar-refractivity contribution in [2.45, 2.75) is 26.4 Å². The third-order valence-electron chi connectivity index (χ3n) is 4.85. The predicted octanol–water partition coefficient (Wildman–Crippen LogP) is 5.23. The molecular formula is C26H28N2O2S. The van der Waals surface area contributed by atoms with Crippen LogP contribution in [0.1, 0.15) is 29.3 Å². The highest BCUT2D eigenvalue weighted by molar-refractivity contribution is 7.09. The van der Waals surface area contributed by atoms with Crippen molar-refractivity contribution in [3.63, 3.8) is 0 Å². The Bertz CT molecular complexity index is 969. The number of amides is 2. The average molecular weight is 433 g/mol. The van der Waals surface area contributed by atoms with Gasteiger partial charge in [-0.25, -0.2) is 0 Å². The molecule has 0 saturated carbocycles. The molecule has 31 heavy (non-hydrogen) atoms. The molecule has 0 fully saturated rings. The van der Waals surface area contributed by atoms with Crippen LogP contribution in [0.2, 0.25) is 0 Å². The van der Waals surface area contributed by atoms with Gasteiger partial charge < -0.3 is 9.80 Å². The van der Waals surface area contributed by atoms with Gasteiger partial charge in [0.15, 0.2) is 0 Å². The molecule has 1 heterocycles. The Kier molecular flexibility index (Phi) is 8.61. The quantitative estimate of drug-likeness (QED) is 0.412. The number of benzene rings is 2. The number of carbonyl (C=O) groups is 2. The lowest BCUT2D eigenvalue weighted by atomic mass is 10.2. The van der Waals surface area contributed by atoms with Gasteiger partial charge in [-0.05, 0) is 35.1 Å². The van der Waals surface area contributed by atoms with Crippen molar-refractivity contribution in [2.24, 2.45) is 0 Å². The van der Waals surface area contributed by atoms with Gasteiger partial charge in [0.25, 0.3) is 0 Å². The van der Waals surface area contributed by atoms with E-state index < -0.39 is 0 Å². The van der Waals surface area contributed by atoms with Crippen molar-refractivity contribution in [3.05, 3.63) is 100 Å². The van der Waals surface area contributed by atoms with E-state index >= 15 is 0 Å².